The van der Waals surface area contributed by atoms with Crippen LogP contribution in [0.4, 0.5) is 11.4 Å². The summed E-state index contributed by atoms with van der Waals surface area (Å²) in [7, 11) is 1.51. The van der Waals surface area contributed by atoms with E-state index in [0.717, 1.165) is 10.5 Å². The molecule has 0 aliphatic heterocycles. The fraction of sp³-hybridized carbons (Fsp3) is 0.0870. The number of rotatable bonds is 9. The van der Waals surface area contributed by atoms with Crippen LogP contribution in [-0.2, 0) is 4.79 Å². The fourth-order valence-electron chi connectivity index (χ4n) is 2.81. The number of anilines is 1. The largest absolute Gasteiger partial charge is 0.495 e. The van der Waals surface area contributed by atoms with E-state index in [2.05, 4.69) is 31.8 Å². The van der Waals surface area contributed by atoms with E-state index >= 15 is 0 Å². The highest BCUT2D eigenvalue weighted by Crippen LogP contribution is 2.24. The van der Waals surface area contributed by atoms with Crippen LogP contribution in [0.3, 0.4) is 0 Å². The first-order valence-corrected chi connectivity index (χ1v) is 10.6. The third-order valence-corrected chi connectivity index (χ3v) is 4.89. The van der Waals surface area contributed by atoms with E-state index in [1.807, 2.05) is 0 Å². The van der Waals surface area contributed by atoms with Crippen molar-refractivity contribution in [3.05, 3.63) is 92.4 Å². The summed E-state index contributed by atoms with van der Waals surface area (Å²) in [6.45, 7) is -0.277. The summed E-state index contributed by atoms with van der Waals surface area (Å²) >= 11 is 3.35. The first-order valence-electron chi connectivity index (χ1n) is 9.80. The van der Waals surface area contributed by atoms with Crippen molar-refractivity contribution in [2.24, 2.45) is 5.10 Å². The second-order valence-electron chi connectivity index (χ2n) is 6.73. The van der Waals surface area contributed by atoms with Crippen LogP contribution in [0, 0.1) is 10.1 Å². The molecule has 0 aromatic heterocycles. The van der Waals surface area contributed by atoms with E-state index in [4.69, 9.17) is 9.47 Å². The smallest absolute Gasteiger partial charge is 0.271 e. The van der Waals surface area contributed by atoms with E-state index in [-0.39, 0.29) is 17.9 Å². The average Bonchev–Trinajstić information content (AvgIpc) is 2.83. The molecule has 0 saturated heterocycles. The predicted molar refractivity (Wildman–Crippen MR) is 129 cm³/mol. The number of nitro groups is 1. The number of non-ortho nitro benzene ring substituents is 1. The van der Waals surface area contributed by atoms with Gasteiger partial charge in [-0.25, -0.2) is 5.43 Å². The average molecular weight is 527 g/mol. The van der Waals surface area contributed by atoms with Crippen molar-refractivity contribution in [2.45, 2.75) is 0 Å². The van der Waals surface area contributed by atoms with Crippen LogP contribution in [0.15, 0.2) is 76.3 Å². The highest BCUT2D eigenvalue weighted by atomic mass is 79.9. The molecule has 0 bridgehead atoms. The van der Waals surface area contributed by atoms with Gasteiger partial charge in [-0.3, -0.25) is 19.7 Å². The number of amides is 2. The van der Waals surface area contributed by atoms with Gasteiger partial charge in [0.25, 0.3) is 17.5 Å². The van der Waals surface area contributed by atoms with Crippen LogP contribution < -0.4 is 20.2 Å². The number of carbonyl (C=O) groups is 2. The summed E-state index contributed by atoms with van der Waals surface area (Å²) < 4.78 is 11.6. The standard InChI is InChI=1S/C23H19BrN4O6/c1-33-21-8-3-2-7-19(21)26-22(29)14-34-20-10-9-17(24)11-16(20)13-25-27-23(30)15-5-4-6-18(12-15)28(31)32/h2-13H,14H2,1H3,(H,26,29)(H,27,30)/b25-13+. The third kappa shape index (κ3) is 6.62. The molecule has 0 unspecified atom stereocenters. The van der Waals surface area contributed by atoms with Crippen molar-refractivity contribution >= 4 is 45.3 Å². The van der Waals surface area contributed by atoms with Crippen molar-refractivity contribution in [3.63, 3.8) is 0 Å². The lowest BCUT2D eigenvalue weighted by molar-refractivity contribution is -0.384. The number of hydrogen-bond donors (Lipinski definition) is 2. The zero-order valence-corrected chi connectivity index (χ0v) is 19.4. The van der Waals surface area contributed by atoms with Gasteiger partial charge in [0.1, 0.15) is 11.5 Å². The maximum atomic E-state index is 12.3. The molecule has 0 spiro atoms. The highest BCUT2D eigenvalue weighted by Gasteiger charge is 2.12. The normalized spacial score (nSPS) is 10.5. The van der Waals surface area contributed by atoms with Crippen LogP contribution in [-0.4, -0.2) is 36.7 Å². The molecule has 0 saturated carbocycles. The van der Waals surface area contributed by atoms with Crippen LogP contribution in [0.1, 0.15) is 15.9 Å². The number of hydrogen-bond acceptors (Lipinski definition) is 7. The second kappa shape index (κ2) is 11.6. The molecule has 11 heteroatoms. The minimum absolute atomic E-state index is 0.0880. The van der Waals surface area contributed by atoms with Gasteiger partial charge < -0.3 is 14.8 Å². The van der Waals surface area contributed by atoms with Gasteiger partial charge >= 0.3 is 0 Å². The van der Waals surface area contributed by atoms with E-state index in [1.54, 1.807) is 42.5 Å². The number of halogens is 1. The molecule has 34 heavy (non-hydrogen) atoms. The molecule has 10 nitrogen and oxygen atoms in total. The molecule has 3 aromatic rings. The van der Waals surface area contributed by atoms with E-state index in [0.29, 0.717) is 22.7 Å². The number of para-hydroxylation sites is 2. The summed E-state index contributed by atoms with van der Waals surface area (Å²) in [5.74, 6) is -0.138. The zero-order valence-electron chi connectivity index (χ0n) is 17.9. The summed E-state index contributed by atoms with van der Waals surface area (Å²) in [5, 5.41) is 17.5. The van der Waals surface area contributed by atoms with Gasteiger partial charge in [-0.1, -0.05) is 34.1 Å². The Bertz CT molecular complexity index is 1250. The molecule has 174 valence electrons. The van der Waals surface area contributed by atoms with Crippen molar-refractivity contribution in [2.75, 3.05) is 19.0 Å². The number of nitrogens with zero attached hydrogens (tertiary/aromatic N) is 2. The number of benzene rings is 3. The number of carbonyl (C=O) groups excluding carboxylic acids is 2. The fourth-order valence-corrected chi connectivity index (χ4v) is 3.19. The molecule has 3 aromatic carbocycles. The van der Waals surface area contributed by atoms with Crippen molar-refractivity contribution in [1.82, 2.24) is 5.43 Å². The summed E-state index contributed by atoms with van der Waals surface area (Å²) in [4.78, 5) is 34.9. The molecule has 0 atom stereocenters. The monoisotopic (exact) mass is 526 g/mol. The lowest BCUT2D eigenvalue weighted by atomic mass is 10.2. The minimum Gasteiger partial charge on any atom is -0.495 e. The van der Waals surface area contributed by atoms with Crippen LogP contribution in [0.5, 0.6) is 11.5 Å². The minimum atomic E-state index is -0.617. The van der Waals surface area contributed by atoms with Crippen LogP contribution in [0.2, 0.25) is 0 Å². The Kier molecular flexibility index (Phi) is 8.30. The molecule has 0 aliphatic rings. The van der Waals surface area contributed by atoms with Crippen LogP contribution in [0.25, 0.3) is 0 Å². The second-order valence-corrected chi connectivity index (χ2v) is 7.64. The number of nitro benzene ring substituents is 1. The van der Waals surface area contributed by atoms with Gasteiger partial charge in [-0.15, -0.1) is 0 Å². The molecular formula is C23H19BrN4O6. The van der Waals surface area contributed by atoms with Crippen molar-refractivity contribution in [1.29, 1.82) is 0 Å². The number of ether oxygens (including phenoxy) is 2. The van der Waals surface area contributed by atoms with Crippen molar-refractivity contribution < 1.29 is 24.0 Å². The lowest BCUT2D eigenvalue weighted by Gasteiger charge is -2.12. The number of methoxy groups -OCH3 is 1. The molecule has 0 aliphatic carbocycles. The van der Waals surface area contributed by atoms with E-state index in [1.165, 1.54) is 31.5 Å². The molecule has 0 heterocycles. The van der Waals surface area contributed by atoms with Crippen LogP contribution >= 0.6 is 15.9 Å². The predicted octanol–water partition coefficient (Wildman–Crippen LogP) is 4.15. The lowest BCUT2D eigenvalue weighted by Crippen LogP contribution is -2.21. The maximum Gasteiger partial charge on any atom is 0.271 e. The first-order chi connectivity index (χ1) is 16.4. The quantitative estimate of drug-likeness (QED) is 0.244. The van der Waals surface area contributed by atoms with Gasteiger partial charge in [0, 0.05) is 27.7 Å². The van der Waals surface area contributed by atoms with Crippen molar-refractivity contribution in [3.8, 4) is 11.5 Å². The molecule has 2 amide bonds. The van der Waals surface area contributed by atoms with Gasteiger partial charge in [0.05, 0.1) is 23.9 Å². The van der Waals surface area contributed by atoms with Gasteiger partial charge in [0.15, 0.2) is 6.61 Å². The number of hydrazone groups is 1. The molecule has 0 radical (unpaired) electrons. The number of nitrogens with one attached hydrogen (secondary N) is 2. The Labute approximate surface area is 202 Å². The molecule has 2 N–H and O–H groups in total. The first kappa shape index (κ1) is 24.4. The maximum absolute atomic E-state index is 12.3. The van der Waals surface area contributed by atoms with Gasteiger partial charge in [-0.05, 0) is 36.4 Å². The van der Waals surface area contributed by atoms with Gasteiger partial charge in [0.2, 0.25) is 0 Å². The zero-order chi connectivity index (χ0) is 24.5. The molecule has 0 fully saturated rings. The Morgan fingerprint density at radius 1 is 1.09 bits per heavy atom. The van der Waals surface area contributed by atoms with E-state index in [9.17, 15) is 19.7 Å². The molecular weight excluding hydrogens is 508 g/mol. The Morgan fingerprint density at radius 3 is 2.65 bits per heavy atom. The Balaban J connectivity index is 1.64. The Morgan fingerprint density at radius 2 is 1.88 bits per heavy atom. The summed E-state index contributed by atoms with van der Waals surface area (Å²) in [6, 6.07) is 17.3. The summed E-state index contributed by atoms with van der Waals surface area (Å²) in [5.41, 5.74) is 3.20. The SMILES string of the molecule is COc1ccccc1NC(=O)COc1ccc(Br)cc1/C=N/NC(=O)c1cccc([N+](=O)[O-])c1. The van der Waals surface area contributed by atoms with E-state index < -0.39 is 16.7 Å². The molecule has 3 rings (SSSR count). The Hall–Kier alpha value is -4.25. The van der Waals surface area contributed by atoms with Gasteiger partial charge in [-0.2, -0.15) is 5.10 Å². The third-order valence-electron chi connectivity index (χ3n) is 4.40. The highest BCUT2D eigenvalue weighted by molar-refractivity contribution is 9.10. The topological polar surface area (TPSA) is 132 Å². The summed E-state index contributed by atoms with van der Waals surface area (Å²) in [6.07, 6.45) is 1.34.